The minimum absolute atomic E-state index is 0.296. The molecule has 2 unspecified atom stereocenters. The number of fused-ring (bicyclic) bond motifs is 2. The van der Waals surface area contributed by atoms with E-state index in [9.17, 15) is 9.59 Å². The molecule has 3 aromatic rings. The molecule has 2 saturated heterocycles. The van der Waals surface area contributed by atoms with Gasteiger partial charge in [0.25, 0.3) is 0 Å². The molecule has 0 aliphatic carbocycles. The third kappa shape index (κ3) is 7.12. The molecule has 0 spiro atoms. The summed E-state index contributed by atoms with van der Waals surface area (Å²) in [5.74, 6) is -0.486. The van der Waals surface area contributed by atoms with Crippen LogP contribution >= 0.6 is 11.8 Å². The van der Waals surface area contributed by atoms with Crippen LogP contribution in [0.5, 0.6) is 0 Å². The predicted molar refractivity (Wildman–Crippen MR) is 138 cm³/mol. The molecular formula is C28H33NO5S. The molecule has 35 heavy (non-hydrogen) atoms. The molecule has 1 aromatic heterocycles. The smallest absolute Gasteiger partial charge is 0.303 e. The number of thioether (sulfide) groups is 1. The van der Waals surface area contributed by atoms with E-state index in [2.05, 4.69) is 53.4 Å². The third-order valence-electron chi connectivity index (χ3n) is 6.89. The van der Waals surface area contributed by atoms with Crippen LogP contribution in [0.2, 0.25) is 0 Å². The van der Waals surface area contributed by atoms with E-state index in [4.69, 9.17) is 14.6 Å². The SMILES string of the molecule is O=C(O)CCC(=O)O.c1ccc(CSc2ccc3occ(C4CCN5CCCCC5C4)c3c2)cc1. The van der Waals surface area contributed by atoms with E-state index < -0.39 is 11.9 Å². The first kappa shape index (κ1) is 25.3. The average molecular weight is 496 g/mol. The number of benzene rings is 2. The molecule has 2 atom stereocenters. The summed E-state index contributed by atoms with van der Waals surface area (Å²) in [6.07, 6.45) is 8.19. The minimum atomic E-state index is -1.08. The number of rotatable bonds is 7. The summed E-state index contributed by atoms with van der Waals surface area (Å²) in [7, 11) is 0. The molecule has 186 valence electrons. The van der Waals surface area contributed by atoms with Gasteiger partial charge in [-0.1, -0.05) is 36.8 Å². The Balaban J connectivity index is 0.000000314. The lowest BCUT2D eigenvalue weighted by Crippen LogP contribution is -2.44. The summed E-state index contributed by atoms with van der Waals surface area (Å²) in [6, 6.07) is 18.2. The second kappa shape index (κ2) is 12.3. The van der Waals surface area contributed by atoms with Crippen LogP contribution in [0.1, 0.15) is 62.0 Å². The van der Waals surface area contributed by atoms with Gasteiger partial charge >= 0.3 is 11.9 Å². The average Bonchev–Trinajstić information content (AvgIpc) is 3.30. The first-order valence-corrected chi connectivity index (χ1v) is 13.3. The van der Waals surface area contributed by atoms with Crippen molar-refractivity contribution in [3.05, 3.63) is 65.9 Å². The largest absolute Gasteiger partial charge is 0.481 e. The summed E-state index contributed by atoms with van der Waals surface area (Å²) in [4.78, 5) is 23.3. The van der Waals surface area contributed by atoms with Crippen molar-refractivity contribution in [1.82, 2.24) is 4.90 Å². The quantitative estimate of drug-likeness (QED) is 0.367. The fraction of sp³-hybridized carbons (Fsp3) is 0.429. The van der Waals surface area contributed by atoms with Crippen molar-refractivity contribution < 1.29 is 24.2 Å². The summed E-state index contributed by atoms with van der Waals surface area (Å²) in [6.45, 7) is 2.56. The van der Waals surface area contributed by atoms with Crippen LogP contribution in [0.15, 0.2) is 64.1 Å². The Bertz CT molecular complexity index is 1110. The van der Waals surface area contributed by atoms with Crippen molar-refractivity contribution in [2.75, 3.05) is 13.1 Å². The van der Waals surface area contributed by atoms with Gasteiger partial charge in [0.15, 0.2) is 0 Å². The number of aliphatic carboxylic acids is 2. The highest BCUT2D eigenvalue weighted by molar-refractivity contribution is 7.98. The molecule has 2 aliphatic rings. The number of furan rings is 1. The molecule has 2 N–H and O–H groups in total. The first-order chi connectivity index (χ1) is 17.0. The first-order valence-electron chi connectivity index (χ1n) is 12.3. The van der Waals surface area contributed by atoms with Gasteiger partial charge < -0.3 is 19.5 Å². The van der Waals surface area contributed by atoms with Crippen molar-refractivity contribution >= 4 is 34.7 Å². The molecule has 5 rings (SSSR count). The zero-order chi connectivity index (χ0) is 24.6. The number of hydrogen-bond donors (Lipinski definition) is 2. The zero-order valence-corrected chi connectivity index (χ0v) is 20.7. The van der Waals surface area contributed by atoms with Crippen molar-refractivity contribution in [3.8, 4) is 0 Å². The summed E-state index contributed by atoms with van der Waals surface area (Å²) in [5, 5.41) is 17.1. The molecule has 2 aliphatic heterocycles. The third-order valence-corrected chi connectivity index (χ3v) is 7.95. The molecule has 6 nitrogen and oxygen atoms in total. The van der Waals surface area contributed by atoms with Gasteiger partial charge in [0, 0.05) is 27.6 Å². The van der Waals surface area contributed by atoms with E-state index >= 15 is 0 Å². The summed E-state index contributed by atoms with van der Waals surface area (Å²) >= 11 is 1.92. The number of hydrogen-bond acceptors (Lipinski definition) is 5. The number of carboxylic acids is 2. The van der Waals surface area contributed by atoms with Gasteiger partial charge in [-0.15, -0.1) is 11.8 Å². The highest BCUT2D eigenvalue weighted by atomic mass is 32.2. The maximum Gasteiger partial charge on any atom is 0.303 e. The Kier molecular flexibility index (Phi) is 8.88. The predicted octanol–water partition coefficient (Wildman–Crippen LogP) is 6.39. The molecule has 0 radical (unpaired) electrons. The second-order valence-electron chi connectivity index (χ2n) is 9.32. The minimum Gasteiger partial charge on any atom is -0.481 e. The Morgan fingerprint density at radius 2 is 1.74 bits per heavy atom. The van der Waals surface area contributed by atoms with E-state index in [0.29, 0.717) is 5.92 Å². The zero-order valence-electron chi connectivity index (χ0n) is 19.9. The van der Waals surface area contributed by atoms with Crippen molar-refractivity contribution in [3.63, 3.8) is 0 Å². The molecule has 2 aromatic carbocycles. The standard InChI is InChI=1S/C24H27NOS.C4H6O4/c1-2-6-18(7-3-1)17-27-21-9-10-24-22(15-21)23(16-26-24)19-11-13-25-12-5-4-8-20(25)14-19;5-3(6)1-2-4(7)8/h1-3,6-7,9-10,15-16,19-20H,4-5,8,11-14,17H2;1-2H2,(H,5,6)(H,7,8). The van der Waals surface area contributed by atoms with Gasteiger partial charge in [0.1, 0.15) is 5.58 Å². The van der Waals surface area contributed by atoms with Gasteiger partial charge in [-0.2, -0.15) is 0 Å². The van der Waals surface area contributed by atoms with Crippen molar-refractivity contribution in [2.45, 2.75) is 67.6 Å². The van der Waals surface area contributed by atoms with Gasteiger partial charge in [-0.3, -0.25) is 9.59 Å². The monoisotopic (exact) mass is 495 g/mol. The van der Waals surface area contributed by atoms with E-state index in [1.54, 1.807) is 0 Å². The van der Waals surface area contributed by atoms with Gasteiger partial charge in [0.2, 0.25) is 0 Å². The Hall–Kier alpha value is -2.77. The molecule has 0 saturated carbocycles. The van der Waals surface area contributed by atoms with Crippen LogP contribution in [0.4, 0.5) is 0 Å². The van der Waals surface area contributed by atoms with Crippen LogP contribution in [0, 0.1) is 0 Å². The Labute approximate surface area is 210 Å². The topological polar surface area (TPSA) is 91.0 Å². The molecule has 0 amide bonds. The maximum atomic E-state index is 9.64. The fourth-order valence-electron chi connectivity index (χ4n) is 5.06. The van der Waals surface area contributed by atoms with Crippen molar-refractivity contribution in [1.29, 1.82) is 0 Å². The lowest BCUT2D eigenvalue weighted by molar-refractivity contribution is -0.143. The summed E-state index contributed by atoms with van der Waals surface area (Å²) in [5.41, 5.74) is 3.86. The van der Waals surface area contributed by atoms with Crippen LogP contribution in [0.3, 0.4) is 0 Å². The van der Waals surface area contributed by atoms with Crippen LogP contribution in [-0.4, -0.2) is 46.2 Å². The molecule has 7 heteroatoms. The van der Waals surface area contributed by atoms with Crippen molar-refractivity contribution in [2.24, 2.45) is 0 Å². The normalized spacial score (nSPS) is 20.0. The number of piperidine rings is 2. The molecular weight excluding hydrogens is 462 g/mol. The highest BCUT2D eigenvalue weighted by Crippen LogP contribution is 2.40. The highest BCUT2D eigenvalue weighted by Gasteiger charge is 2.32. The van der Waals surface area contributed by atoms with Crippen LogP contribution in [0.25, 0.3) is 11.0 Å². The Morgan fingerprint density at radius 1 is 0.971 bits per heavy atom. The van der Waals surface area contributed by atoms with E-state index in [1.165, 1.54) is 66.6 Å². The fourth-order valence-corrected chi connectivity index (χ4v) is 5.95. The lowest BCUT2D eigenvalue weighted by atomic mass is 9.82. The van der Waals surface area contributed by atoms with Crippen LogP contribution in [-0.2, 0) is 15.3 Å². The van der Waals surface area contributed by atoms with E-state index in [0.717, 1.165) is 17.4 Å². The Morgan fingerprint density at radius 3 is 2.49 bits per heavy atom. The molecule has 3 heterocycles. The van der Waals surface area contributed by atoms with E-state index in [1.807, 2.05) is 18.0 Å². The number of nitrogens with zero attached hydrogens (tertiary/aromatic N) is 1. The molecule has 2 fully saturated rings. The number of carbonyl (C=O) groups is 2. The van der Waals surface area contributed by atoms with Gasteiger partial charge in [-0.05, 0) is 68.5 Å². The second-order valence-corrected chi connectivity index (χ2v) is 10.4. The van der Waals surface area contributed by atoms with E-state index in [-0.39, 0.29) is 12.8 Å². The van der Waals surface area contributed by atoms with Gasteiger partial charge in [-0.25, -0.2) is 0 Å². The van der Waals surface area contributed by atoms with Gasteiger partial charge in [0.05, 0.1) is 19.1 Å². The summed E-state index contributed by atoms with van der Waals surface area (Å²) < 4.78 is 5.93. The van der Waals surface area contributed by atoms with Crippen LogP contribution < -0.4 is 0 Å². The number of carboxylic acid groups (broad SMARTS) is 2. The lowest BCUT2D eigenvalue weighted by Gasteiger charge is -2.42. The maximum absolute atomic E-state index is 9.64. The molecule has 0 bridgehead atoms.